The van der Waals surface area contributed by atoms with E-state index in [0.29, 0.717) is 18.0 Å². The first-order chi connectivity index (χ1) is 15.0. The Bertz CT molecular complexity index is 1070. The molecular formula is C24H25N3O3S. The van der Waals surface area contributed by atoms with Gasteiger partial charge < -0.3 is 9.64 Å². The molecule has 6 nitrogen and oxygen atoms in total. The van der Waals surface area contributed by atoms with Gasteiger partial charge in [0.2, 0.25) is 0 Å². The highest BCUT2D eigenvalue weighted by molar-refractivity contribution is 7.80. The molecule has 2 heterocycles. The predicted octanol–water partition coefficient (Wildman–Crippen LogP) is 3.83. The maximum Gasteiger partial charge on any atom is 0.270 e. The summed E-state index contributed by atoms with van der Waals surface area (Å²) in [5.74, 6) is -0.313. The number of aryl methyl sites for hydroxylation is 1. The molecule has 2 aliphatic heterocycles. The van der Waals surface area contributed by atoms with Crippen LogP contribution in [0, 0.1) is 6.92 Å². The summed E-state index contributed by atoms with van der Waals surface area (Å²) >= 11 is 5.29. The van der Waals surface area contributed by atoms with E-state index in [9.17, 15) is 9.59 Å². The van der Waals surface area contributed by atoms with E-state index in [1.807, 2.05) is 32.0 Å². The van der Waals surface area contributed by atoms with Gasteiger partial charge in [-0.25, -0.2) is 0 Å². The van der Waals surface area contributed by atoms with Gasteiger partial charge in [0, 0.05) is 24.8 Å². The van der Waals surface area contributed by atoms with E-state index in [0.717, 1.165) is 24.2 Å². The lowest BCUT2D eigenvalue weighted by Gasteiger charge is -2.29. The molecule has 0 bridgehead atoms. The zero-order valence-corrected chi connectivity index (χ0v) is 18.5. The van der Waals surface area contributed by atoms with Crippen LogP contribution < -0.4 is 19.9 Å². The number of nitrogens with zero attached hydrogens (tertiary/aromatic N) is 2. The smallest absolute Gasteiger partial charge is 0.270 e. The van der Waals surface area contributed by atoms with Crippen molar-refractivity contribution in [3.05, 3.63) is 59.2 Å². The molecule has 0 spiro atoms. The van der Waals surface area contributed by atoms with Crippen molar-refractivity contribution >= 4 is 46.6 Å². The molecule has 2 saturated heterocycles. The molecule has 2 aliphatic rings. The van der Waals surface area contributed by atoms with Crippen LogP contribution in [0.4, 0.5) is 11.4 Å². The second-order valence-electron chi connectivity index (χ2n) is 7.62. The van der Waals surface area contributed by atoms with Gasteiger partial charge >= 0.3 is 0 Å². The summed E-state index contributed by atoms with van der Waals surface area (Å²) in [6.45, 7) is 6.52. The minimum atomic E-state index is -0.491. The Morgan fingerprint density at radius 3 is 2.58 bits per heavy atom. The number of anilines is 2. The zero-order chi connectivity index (χ0) is 22.0. The number of carbonyl (C=O) groups excluding carboxylic acids is 2. The average Bonchev–Trinajstić information content (AvgIpc) is 3.27. The molecule has 2 aromatic rings. The topological polar surface area (TPSA) is 61.9 Å². The van der Waals surface area contributed by atoms with Crippen LogP contribution in [0.25, 0.3) is 6.08 Å². The largest absolute Gasteiger partial charge is 0.494 e. The van der Waals surface area contributed by atoms with E-state index >= 15 is 0 Å². The van der Waals surface area contributed by atoms with Gasteiger partial charge in [-0.1, -0.05) is 12.1 Å². The minimum absolute atomic E-state index is 0.0486. The Kier molecular flexibility index (Phi) is 6.04. The van der Waals surface area contributed by atoms with Gasteiger partial charge in [0.1, 0.15) is 11.3 Å². The molecule has 2 aromatic carbocycles. The summed E-state index contributed by atoms with van der Waals surface area (Å²) in [5.41, 5.74) is 3.61. The number of benzene rings is 2. The lowest BCUT2D eigenvalue weighted by atomic mass is 10.0. The highest BCUT2D eigenvalue weighted by atomic mass is 32.1. The molecule has 0 aromatic heterocycles. The SMILES string of the molecule is CCOc1cccc(N2C(=O)/C(=C/c3ccc(N4CCCC4)cc3C)C(=O)NC2=S)c1. The third-order valence-electron chi connectivity index (χ3n) is 5.51. The Labute approximate surface area is 187 Å². The van der Waals surface area contributed by atoms with E-state index < -0.39 is 11.8 Å². The van der Waals surface area contributed by atoms with Gasteiger partial charge in [0.05, 0.1) is 12.3 Å². The van der Waals surface area contributed by atoms with Gasteiger partial charge in [0.25, 0.3) is 11.8 Å². The molecular weight excluding hydrogens is 410 g/mol. The number of nitrogens with one attached hydrogen (secondary N) is 1. The number of hydrogen-bond donors (Lipinski definition) is 1. The maximum absolute atomic E-state index is 13.3. The predicted molar refractivity (Wildman–Crippen MR) is 126 cm³/mol. The molecule has 4 rings (SSSR count). The molecule has 2 fully saturated rings. The van der Waals surface area contributed by atoms with Crippen molar-refractivity contribution in [2.24, 2.45) is 0 Å². The summed E-state index contributed by atoms with van der Waals surface area (Å²) in [5, 5.41) is 2.69. The van der Waals surface area contributed by atoms with Crippen molar-refractivity contribution < 1.29 is 14.3 Å². The molecule has 0 saturated carbocycles. The van der Waals surface area contributed by atoms with Crippen LogP contribution >= 0.6 is 12.2 Å². The second-order valence-corrected chi connectivity index (χ2v) is 8.01. The monoisotopic (exact) mass is 435 g/mol. The average molecular weight is 436 g/mol. The van der Waals surface area contributed by atoms with Gasteiger partial charge in [-0.2, -0.15) is 0 Å². The van der Waals surface area contributed by atoms with E-state index in [1.54, 1.807) is 24.3 Å². The van der Waals surface area contributed by atoms with Crippen LogP contribution in [0.15, 0.2) is 48.0 Å². The van der Waals surface area contributed by atoms with Crippen LogP contribution in [0.2, 0.25) is 0 Å². The summed E-state index contributed by atoms with van der Waals surface area (Å²) in [6.07, 6.45) is 4.06. The van der Waals surface area contributed by atoms with E-state index in [1.165, 1.54) is 23.4 Å². The van der Waals surface area contributed by atoms with Crippen molar-refractivity contribution in [1.29, 1.82) is 0 Å². The lowest BCUT2D eigenvalue weighted by Crippen LogP contribution is -2.54. The Balaban J connectivity index is 1.65. The number of ether oxygens (including phenoxy) is 1. The van der Waals surface area contributed by atoms with E-state index in [4.69, 9.17) is 17.0 Å². The lowest BCUT2D eigenvalue weighted by molar-refractivity contribution is -0.122. The zero-order valence-electron chi connectivity index (χ0n) is 17.7. The van der Waals surface area contributed by atoms with Crippen LogP contribution in [0.5, 0.6) is 5.75 Å². The van der Waals surface area contributed by atoms with Crippen LogP contribution in [0.1, 0.15) is 30.9 Å². The third kappa shape index (κ3) is 4.32. The first-order valence-corrected chi connectivity index (χ1v) is 10.9. The first kappa shape index (κ1) is 21.1. The molecule has 2 amide bonds. The highest BCUT2D eigenvalue weighted by Gasteiger charge is 2.34. The standard InChI is InChI=1S/C24H25N3O3S/c1-3-30-20-8-6-7-19(15-20)27-23(29)21(22(28)25-24(27)31)14-17-9-10-18(13-16(17)2)26-11-4-5-12-26/h6-10,13-15H,3-5,11-12H2,1-2H3,(H,25,28,31)/b21-14+. The maximum atomic E-state index is 13.3. The Morgan fingerprint density at radius 1 is 1.10 bits per heavy atom. The number of thiocarbonyl (C=S) groups is 1. The molecule has 0 unspecified atom stereocenters. The van der Waals surface area contributed by atoms with Crippen molar-refractivity contribution in [3.8, 4) is 5.75 Å². The quantitative estimate of drug-likeness (QED) is 0.439. The molecule has 1 N–H and O–H groups in total. The van der Waals surface area contributed by atoms with Gasteiger partial charge in [-0.05, 0) is 80.4 Å². The summed E-state index contributed by atoms with van der Waals surface area (Å²) in [7, 11) is 0. The highest BCUT2D eigenvalue weighted by Crippen LogP contribution is 2.28. The number of rotatable bonds is 5. The Hall–Kier alpha value is -3.19. The van der Waals surface area contributed by atoms with E-state index in [-0.39, 0.29) is 10.7 Å². The molecule has 0 atom stereocenters. The van der Waals surface area contributed by atoms with Crippen LogP contribution in [-0.2, 0) is 9.59 Å². The molecule has 7 heteroatoms. The molecule has 31 heavy (non-hydrogen) atoms. The molecule has 160 valence electrons. The van der Waals surface area contributed by atoms with Crippen LogP contribution in [-0.4, -0.2) is 36.6 Å². The Morgan fingerprint density at radius 2 is 1.87 bits per heavy atom. The second kappa shape index (κ2) is 8.89. The summed E-state index contributed by atoms with van der Waals surface area (Å²) < 4.78 is 5.53. The minimum Gasteiger partial charge on any atom is -0.494 e. The molecule has 0 radical (unpaired) electrons. The van der Waals surface area contributed by atoms with Crippen molar-refractivity contribution in [2.75, 3.05) is 29.5 Å². The van der Waals surface area contributed by atoms with Crippen molar-refractivity contribution in [3.63, 3.8) is 0 Å². The summed E-state index contributed by atoms with van der Waals surface area (Å²) in [4.78, 5) is 29.6. The molecule has 0 aliphatic carbocycles. The fraction of sp³-hybridized carbons (Fsp3) is 0.292. The van der Waals surface area contributed by atoms with Crippen molar-refractivity contribution in [2.45, 2.75) is 26.7 Å². The van der Waals surface area contributed by atoms with Gasteiger partial charge in [-0.15, -0.1) is 0 Å². The normalized spacial score (nSPS) is 18.0. The number of carbonyl (C=O) groups is 2. The van der Waals surface area contributed by atoms with Crippen molar-refractivity contribution in [1.82, 2.24) is 5.32 Å². The third-order valence-corrected chi connectivity index (χ3v) is 5.80. The number of amides is 2. The summed E-state index contributed by atoms with van der Waals surface area (Å²) in [6, 6.07) is 13.2. The van der Waals surface area contributed by atoms with Crippen LogP contribution in [0.3, 0.4) is 0 Å². The van der Waals surface area contributed by atoms with Gasteiger partial charge in [-0.3, -0.25) is 19.8 Å². The first-order valence-electron chi connectivity index (χ1n) is 10.5. The van der Waals surface area contributed by atoms with Gasteiger partial charge in [0.15, 0.2) is 5.11 Å². The van der Waals surface area contributed by atoms with E-state index in [2.05, 4.69) is 16.3 Å². The number of hydrogen-bond acceptors (Lipinski definition) is 5. The fourth-order valence-electron chi connectivity index (χ4n) is 3.92. The fourth-order valence-corrected chi connectivity index (χ4v) is 4.20.